The van der Waals surface area contributed by atoms with Crippen molar-refractivity contribution >= 4 is 22.8 Å². The van der Waals surface area contributed by atoms with Gasteiger partial charge in [-0.15, -0.1) is 0 Å². The van der Waals surface area contributed by atoms with Crippen LogP contribution in [0.5, 0.6) is 11.5 Å². The first kappa shape index (κ1) is 22.5. The molecule has 5 heteroatoms. The summed E-state index contributed by atoms with van der Waals surface area (Å²) in [7, 11) is 0. The quantitative estimate of drug-likeness (QED) is 0.278. The third-order valence-electron chi connectivity index (χ3n) is 7.60. The molecule has 1 N–H and O–H groups in total. The number of aromatic nitrogens is 2. The second-order valence-electron chi connectivity index (χ2n) is 10.1. The minimum absolute atomic E-state index is 0.138. The molecule has 0 amide bonds. The fourth-order valence-corrected chi connectivity index (χ4v) is 5.79. The minimum atomic E-state index is -0.292. The molecule has 2 atom stereocenters. The average molecular weight is 498 g/mol. The Balaban J connectivity index is 1.35. The van der Waals surface area contributed by atoms with Gasteiger partial charge in [0.05, 0.1) is 17.1 Å². The standard InChI is InChI=1S/C33H27N3O2/c1-21-14-16-22(17-15-21)24-19-28-31(30(37)20-24)32(36-29-13-6-5-12-27(29)34-33(36)35-28)23-8-7-11-26(18-23)38-25-9-3-2-4-10-25/h2-18,24,32H,19-20H2,1H3,(H,34,35)/t24-,32+/m1/s1. The number of ketones is 1. The van der Waals surface area contributed by atoms with Crippen LogP contribution in [0.15, 0.2) is 114 Å². The third kappa shape index (κ3) is 3.88. The molecule has 5 nitrogen and oxygen atoms in total. The summed E-state index contributed by atoms with van der Waals surface area (Å²) in [6.45, 7) is 2.09. The molecule has 1 aromatic heterocycles. The van der Waals surface area contributed by atoms with E-state index in [0.29, 0.717) is 6.42 Å². The summed E-state index contributed by atoms with van der Waals surface area (Å²) in [5, 5.41) is 3.56. The highest BCUT2D eigenvalue weighted by Crippen LogP contribution is 2.46. The first-order valence-electron chi connectivity index (χ1n) is 13.0. The number of ether oxygens (including phenoxy) is 1. The van der Waals surface area contributed by atoms with E-state index in [4.69, 9.17) is 9.72 Å². The topological polar surface area (TPSA) is 56.2 Å². The SMILES string of the molecule is Cc1ccc([C@H]2CC(=O)C3=C(C2)Nc2nc4ccccc4n2[C@H]3c2cccc(Oc3ccccc3)c2)cc1. The molecule has 0 bridgehead atoms. The summed E-state index contributed by atoms with van der Waals surface area (Å²) in [5.74, 6) is 2.59. The summed E-state index contributed by atoms with van der Waals surface area (Å²) in [6.07, 6.45) is 1.26. The minimum Gasteiger partial charge on any atom is -0.457 e. The Morgan fingerprint density at radius 1 is 0.816 bits per heavy atom. The van der Waals surface area contributed by atoms with E-state index in [2.05, 4.69) is 53.2 Å². The summed E-state index contributed by atoms with van der Waals surface area (Å²) in [6, 6.07) is 34.2. The lowest BCUT2D eigenvalue weighted by molar-refractivity contribution is -0.116. The highest BCUT2D eigenvalue weighted by Gasteiger charge is 2.39. The van der Waals surface area contributed by atoms with Crippen LogP contribution in [-0.2, 0) is 4.79 Å². The zero-order valence-electron chi connectivity index (χ0n) is 21.1. The van der Waals surface area contributed by atoms with Crippen LogP contribution < -0.4 is 10.1 Å². The first-order valence-corrected chi connectivity index (χ1v) is 13.0. The Morgan fingerprint density at radius 3 is 2.42 bits per heavy atom. The number of nitrogens with zero attached hydrogens (tertiary/aromatic N) is 2. The van der Waals surface area contributed by atoms with Crippen LogP contribution in [0.3, 0.4) is 0 Å². The molecular formula is C33H27N3O2. The van der Waals surface area contributed by atoms with Crippen molar-refractivity contribution < 1.29 is 9.53 Å². The second kappa shape index (κ2) is 9.03. The highest BCUT2D eigenvalue weighted by atomic mass is 16.5. The van der Waals surface area contributed by atoms with E-state index in [9.17, 15) is 4.79 Å². The van der Waals surface area contributed by atoms with Gasteiger partial charge in [0.1, 0.15) is 11.5 Å². The number of carbonyl (C=O) groups is 1. The Kier molecular flexibility index (Phi) is 5.36. The number of hydrogen-bond acceptors (Lipinski definition) is 4. The zero-order valence-corrected chi connectivity index (χ0v) is 21.1. The van der Waals surface area contributed by atoms with Crippen LogP contribution in [0.25, 0.3) is 11.0 Å². The lowest BCUT2D eigenvalue weighted by atomic mass is 9.77. The molecule has 0 saturated heterocycles. The maximum absolute atomic E-state index is 13.9. The lowest BCUT2D eigenvalue weighted by Gasteiger charge is -2.36. The van der Waals surface area contributed by atoms with Crippen molar-refractivity contribution in [2.75, 3.05) is 5.32 Å². The summed E-state index contributed by atoms with van der Waals surface area (Å²) < 4.78 is 8.34. The number of Topliss-reactive ketones (excluding diaryl/α,β-unsaturated/α-hetero) is 1. The number of fused-ring (bicyclic) bond motifs is 3. The van der Waals surface area contributed by atoms with Crippen molar-refractivity contribution in [2.24, 2.45) is 0 Å². The van der Waals surface area contributed by atoms with Gasteiger partial charge in [0.15, 0.2) is 5.78 Å². The van der Waals surface area contributed by atoms with E-state index in [0.717, 1.165) is 51.7 Å². The van der Waals surface area contributed by atoms with E-state index in [1.165, 1.54) is 11.1 Å². The van der Waals surface area contributed by atoms with Gasteiger partial charge in [-0.2, -0.15) is 0 Å². The third-order valence-corrected chi connectivity index (χ3v) is 7.60. The fraction of sp³-hybridized carbons (Fsp3) is 0.152. The van der Waals surface area contributed by atoms with Gasteiger partial charge in [0.25, 0.3) is 0 Å². The van der Waals surface area contributed by atoms with Gasteiger partial charge < -0.3 is 10.1 Å². The molecule has 0 spiro atoms. The molecule has 2 heterocycles. The van der Waals surface area contributed by atoms with Gasteiger partial charge >= 0.3 is 0 Å². The number of imidazole rings is 1. The summed E-state index contributed by atoms with van der Waals surface area (Å²) >= 11 is 0. The fourth-order valence-electron chi connectivity index (χ4n) is 5.79. The van der Waals surface area contributed by atoms with Crippen molar-refractivity contribution in [3.8, 4) is 11.5 Å². The predicted octanol–water partition coefficient (Wildman–Crippen LogP) is 7.55. The lowest BCUT2D eigenvalue weighted by Crippen LogP contribution is -2.33. The number of aryl methyl sites for hydroxylation is 1. The van der Waals surface area contributed by atoms with Gasteiger partial charge in [-0.25, -0.2) is 4.98 Å². The van der Waals surface area contributed by atoms with Crippen molar-refractivity contribution in [1.29, 1.82) is 0 Å². The van der Waals surface area contributed by atoms with E-state index in [1.54, 1.807) is 0 Å². The maximum atomic E-state index is 13.9. The van der Waals surface area contributed by atoms with E-state index in [-0.39, 0.29) is 17.7 Å². The van der Waals surface area contributed by atoms with Gasteiger partial charge in [-0.3, -0.25) is 9.36 Å². The van der Waals surface area contributed by atoms with Crippen LogP contribution in [0.2, 0.25) is 0 Å². The van der Waals surface area contributed by atoms with Gasteiger partial charge in [0, 0.05) is 17.7 Å². The van der Waals surface area contributed by atoms with Crippen molar-refractivity contribution in [1.82, 2.24) is 9.55 Å². The van der Waals surface area contributed by atoms with Gasteiger partial charge in [0.2, 0.25) is 5.95 Å². The number of anilines is 1. The number of rotatable bonds is 4. The van der Waals surface area contributed by atoms with Crippen LogP contribution in [-0.4, -0.2) is 15.3 Å². The van der Waals surface area contributed by atoms with Crippen LogP contribution in [0.1, 0.15) is 41.5 Å². The number of hydrogen-bond donors (Lipinski definition) is 1. The normalized spacial score (nSPS) is 18.6. The number of nitrogens with one attached hydrogen (secondary N) is 1. The van der Waals surface area contributed by atoms with Gasteiger partial charge in [-0.05, 0) is 66.8 Å². The molecule has 0 fully saturated rings. The molecule has 38 heavy (non-hydrogen) atoms. The average Bonchev–Trinajstić information content (AvgIpc) is 3.31. The van der Waals surface area contributed by atoms with Crippen molar-refractivity contribution in [3.05, 3.63) is 131 Å². The molecule has 1 aliphatic carbocycles. The first-order chi connectivity index (χ1) is 18.6. The Hall–Kier alpha value is -4.64. The Labute approximate surface area is 221 Å². The molecule has 4 aromatic carbocycles. The number of allylic oxidation sites excluding steroid dienone is 2. The smallest absolute Gasteiger partial charge is 0.209 e. The number of para-hydroxylation sites is 3. The van der Waals surface area contributed by atoms with Crippen molar-refractivity contribution in [2.45, 2.75) is 31.7 Å². The van der Waals surface area contributed by atoms with E-state index >= 15 is 0 Å². The number of benzene rings is 4. The van der Waals surface area contributed by atoms with E-state index < -0.39 is 0 Å². The molecular weight excluding hydrogens is 470 g/mol. The molecule has 7 rings (SSSR count). The molecule has 5 aromatic rings. The zero-order chi connectivity index (χ0) is 25.6. The molecule has 0 radical (unpaired) electrons. The molecule has 186 valence electrons. The Bertz CT molecular complexity index is 1700. The summed E-state index contributed by atoms with van der Waals surface area (Å²) in [5.41, 5.74) is 7.10. The molecule has 0 unspecified atom stereocenters. The number of carbonyl (C=O) groups excluding carboxylic acids is 1. The molecule has 0 saturated carbocycles. The molecule has 1 aliphatic heterocycles. The maximum Gasteiger partial charge on any atom is 0.209 e. The van der Waals surface area contributed by atoms with E-state index in [1.807, 2.05) is 66.7 Å². The van der Waals surface area contributed by atoms with Gasteiger partial charge in [-0.1, -0.05) is 72.3 Å². The largest absolute Gasteiger partial charge is 0.457 e. The Morgan fingerprint density at radius 2 is 1.58 bits per heavy atom. The monoisotopic (exact) mass is 497 g/mol. The summed E-state index contributed by atoms with van der Waals surface area (Å²) in [4.78, 5) is 18.9. The van der Waals surface area contributed by atoms with Crippen LogP contribution in [0, 0.1) is 6.92 Å². The van der Waals surface area contributed by atoms with Crippen LogP contribution >= 0.6 is 0 Å². The predicted molar refractivity (Wildman–Crippen MR) is 150 cm³/mol. The van der Waals surface area contributed by atoms with Crippen molar-refractivity contribution in [3.63, 3.8) is 0 Å². The second-order valence-corrected chi connectivity index (χ2v) is 10.1. The highest BCUT2D eigenvalue weighted by molar-refractivity contribution is 6.01. The van der Waals surface area contributed by atoms with Crippen LogP contribution in [0.4, 0.5) is 5.95 Å². The molecule has 2 aliphatic rings.